The lowest BCUT2D eigenvalue weighted by atomic mass is 10.1. The fourth-order valence-corrected chi connectivity index (χ4v) is 3.97. The molecule has 0 aliphatic heterocycles. The Hall–Kier alpha value is -3.30. The maximum absolute atomic E-state index is 12.6. The molecule has 0 radical (unpaired) electrons. The highest BCUT2D eigenvalue weighted by Gasteiger charge is 2.13. The number of anilines is 1. The van der Waals surface area contributed by atoms with Crippen molar-refractivity contribution in [3.05, 3.63) is 105 Å². The largest absolute Gasteiger partial charge is 0.387 e. The smallest absolute Gasteiger partial charge is 0.232 e. The minimum absolute atomic E-state index is 0.0315. The Kier molecular flexibility index (Phi) is 9.02. The number of benzene rings is 3. The maximum atomic E-state index is 12.6. The van der Waals surface area contributed by atoms with E-state index in [0.717, 1.165) is 29.7 Å². The predicted octanol–water partition coefficient (Wildman–Crippen LogP) is 4.08. The van der Waals surface area contributed by atoms with Crippen LogP contribution in [0, 0.1) is 0 Å². The van der Waals surface area contributed by atoms with Gasteiger partial charge in [-0.15, -0.1) is 5.10 Å². The van der Waals surface area contributed by atoms with Gasteiger partial charge in [-0.25, -0.2) is 4.68 Å². The van der Waals surface area contributed by atoms with Gasteiger partial charge in [0.2, 0.25) is 5.91 Å². The molecule has 0 fully saturated rings. The number of rotatable bonds is 11. The Morgan fingerprint density at radius 2 is 1.72 bits per heavy atom. The number of amides is 1. The molecule has 8 nitrogen and oxygen atoms in total. The molecule has 0 aliphatic carbocycles. The van der Waals surface area contributed by atoms with Gasteiger partial charge >= 0.3 is 0 Å². The van der Waals surface area contributed by atoms with E-state index in [1.807, 2.05) is 60.7 Å². The second kappa shape index (κ2) is 12.6. The Morgan fingerprint density at radius 1 is 0.972 bits per heavy atom. The number of tetrazole rings is 1. The van der Waals surface area contributed by atoms with Crippen LogP contribution in [-0.2, 0) is 24.2 Å². The van der Waals surface area contributed by atoms with Crippen molar-refractivity contribution < 1.29 is 9.90 Å². The van der Waals surface area contributed by atoms with Gasteiger partial charge < -0.3 is 15.7 Å². The quantitative estimate of drug-likeness (QED) is 0.255. The lowest BCUT2D eigenvalue weighted by Crippen LogP contribution is -2.23. The molecule has 0 spiro atoms. The average Bonchev–Trinajstić information content (AvgIpc) is 3.31. The monoisotopic (exact) mass is 524 g/mol. The number of carbonyl (C=O) groups is 1. The normalized spacial score (nSPS) is 11.9. The van der Waals surface area contributed by atoms with Crippen LogP contribution in [-0.4, -0.2) is 44.3 Å². The van der Waals surface area contributed by atoms with Gasteiger partial charge in [0.05, 0.1) is 29.1 Å². The summed E-state index contributed by atoms with van der Waals surface area (Å²) in [6.45, 7) is 1.59. The molecular weight excluding hydrogens is 499 g/mol. The van der Waals surface area contributed by atoms with E-state index >= 15 is 0 Å². The van der Waals surface area contributed by atoms with Crippen LogP contribution in [0.3, 0.4) is 0 Å². The third-order valence-electron chi connectivity index (χ3n) is 5.59. The third kappa shape index (κ3) is 7.35. The zero-order valence-corrected chi connectivity index (χ0v) is 21.0. The number of nitrogens with one attached hydrogen (secondary N) is 2. The number of aliphatic hydroxyl groups is 1. The Bertz CT molecular complexity index is 1280. The van der Waals surface area contributed by atoms with Crippen molar-refractivity contribution in [2.45, 2.75) is 25.5 Å². The van der Waals surface area contributed by atoms with Gasteiger partial charge in [-0.3, -0.25) is 4.79 Å². The van der Waals surface area contributed by atoms with Gasteiger partial charge in [-0.2, -0.15) is 0 Å². The van der Waals surface area contributed by atoms with Crippen LogP contribution in [0.15, 0.2) is 72.8 Å². The summed E-state index contributed by atoms with van der Waals surface area (Å²) < 4.78 is 1.56. The summed E-state index contributed by atoms with van der Waals surface area (Å²) in [6.07, 6.45) is 0.303. The third-order valence-corrected chi connectivity index (χ3v) is 6.33. The number of hydrogen-bond donors (Lipinski definition) is 3. The van der Waals surface area contributed by atoms with E-state index < -0.39 is 6.10 Å². The second-order valence-corrected chi connectivity index (χ2v) is 9.12. The molecule has 4 rings (SSSR count). The summed E-state index contributed by atoms with van der Waals surface area (Å²) in [4.78, 5) is 12.6. The van der Waals surface area contributed by atoms with Gasteiger partial charge in [0, 0.05) is 12.2 Å². The summed E-state index contributed by atoms with van der Waals surface area (Å²) in [7, 11) is 0. The van der Waals surface area contributed by atoms with Crippen LogP contribution < -0.4 is 10.6 Å². The highest BCUT2D eigenvalue weighted by Crippen LogP contribution is 2.23. The van der Waals surface area contributed by atoms with Crippen molar-refractivity contribution in [3.63, 3.8) is 0 Å². The Labute approximate surface area is 219 Å². The number of nitrogens with zero attached hydrogens (tertiary/aromatic N) is 4. The molecule has 36 heavy (non-hydrogen) atoms. The van der Waals surface area contributed by atoms with E-state index in [4.69, 9.17) is 23.2 Å². The molecule has 3 aromatic carbocycles. The van der Waals surface area contributed by atoms with Crippen LogP contribution in [0.4, 0.5) is 5.69 Å². The van der Waals surface area contributed by atoms with Gasteiger partial charge in [0.15, 0.2) is 5.82 Å². The first-order valence-corrected chi connectivity index (χ1v) is 12.2. The maximum Gasteiger partial charge on any atom is 0.232 e. The summed E-state index contributed by atoms with van der Waals surface area (Å²) in [5.74, 6) is 0.225. The van der Waals surface area contributed by atoms with Crippen molar-refractivity contribution >= 4 is 34.8 Å². The average molecular weight is 525 g/mol. The van der Waals surface area contributed by atoms with Gasteiger partial charge in [-0.05, 0) is 64.3 Å². The van der Waals surface area contributed by atoms with Gasteiger partial charge in [0.25, 0.3) is 0 Å². The van der Waals surface area contributed by atoms with Crippen molar-refractivity contribution in [2.75, 3.05) is 18.4 Å². The number of halogens is 2. The molecule has 1 atom stereocenters. The molecule has 186 valence electrons. The minimum Gasteiger partial charge on any atom is -0.387 e. The molecule has 3 N–H and O–H groups in total. The first-order valence-electron chi connectivity index (χ1n) is 11.5. The molecule has 0 bridgehead atoms. The predicted molar refractivity (Wildman–Crippen MR) is 140 cm³/mol. The molecule has 1 aromatic heterocycles. The lowest BCUT2D eigenvalue weighted by molar-refractivity contribution is -0.115. The molecule has 0 saturated heterocycles. The Balaban J connectivity index is 1.22. The van der Waals surface area contributed by atoms with Crippen LogP contribution in [0.1, 0.15) is 28.6 Å². The number of carbonyl (C=O) groups excluding carboxylic acids is 1. The van der Waals surface area contributed by atoms with Crippen molar-refractivity contribution in [3.8, 4) is 0 Å². The van der Waals surface area contributed by atoms with Crippen molar-refractivity contribution in [1.29, 1.82) is 0 Å². The summed E-state index contributed by atoms with van der Waals surface area (Å²) in [5, 5.41) is 28.9. The SMILES string of the molecule is O=C(Cc1nnnn1Cc1ccc(Cl)c(Cl)c1)Nc1ccc(CCNCC(O)c2ccccc2)cc1. The first-order chi connectivity index (χ1) is 17.5. The van der Waals surface area contributed by atoms with E-state index in [1.165, 1.54) is 0 Å². The van der Waals surface area contributed by atoms with E-state index in [9.17, 15) is 9.90 Å². The molecule has 10 heteroatoms. The molecule has 4 aromatic rings. The molecular formula is C26H26Cl2N6O2. The fourth-order valence-electron chi connectivity index (χ4n) is 3.65. The molecule has 1 heterocycles. The Morgan fingerprint density at radius 3 is 2.47 bits per heavy atom. The van der Waals surface area contributed by atoms with Gasteiger partial charge in [-0.1, -0.05) is 71.7 Å². The van der Waals surface area contributed by atoms with Crippen LogP contribution in [0.5, 0.6) is 0 Å². The van der Waals surface area contributed by atoms with Gasteiger partial charge in [0.1, 0.15) is 0 Å². The topological polar surface area (TPSA) is 105 Å². The van der Waals surface area contributed by atoms with E-state index in [-0.39, 0.29) is 12.3 Å². The summed E-state index contributed by atoms with van der Waals surface area (Å²) in [6, 6.07) is 22.6. The number of aromatic nitrogens is 4. The summed E-state index contributed by atoms with van der Waals surface area (Å²) >= 11 is 12.0. The zero-order chi connectivity index (χ0) is 25.3. The standard InChI is InChI=1S/C26H26Cl2N6O2/c27-22-11-8-19(14-23(22)28)17-34-25(31-32-33-34)15-26(36)30-21-9-6-18(7-10-21)12-13-29-16-24(35)20-4-2-1-3-5-20/h1-11,14,24,29,35H,12-13,15-17H2,(H,30,36). The number of aliphatic hydroxyl groups excluding tert-OH is 1. The highest BCUT2D eigenvalue weighted by atomic mass is 35.5. The van der Waals surface area contributed by atoms with Crippen LogP contribution in [0.2, 0.25) is 10.0 Å². The second-order valence-electron chi connectivity index (χ2n) is 8.30. The molecule has 0 aliphatic rings. The lowest BCUT2D eigenvalue weighted by Gasteiger charge is -2.12. The first kappa shape index (κ1) is 25.8. The molecule has 1 amide bonds. The van der Waals surface area contributed by atoms with Crippen LogP contribution >= 0.6 is 23.2 Å². The minimum atomic E-state index is -0.534. The van der Waals surface area contributed by atoms with E-state index in [2.05, 4.69) is 26.2 Å². The van der Waals surface area contributed by atoms with E-state index in [1.54, 1.807) is 16.8 Å². The molecule has 0 saturated carbocycles. The zero-order valence-electron chi connectivity index (χ0n) is 19.4. The highest BCUT2D eigenvalue weighted by molar-refractivity contribution is 6.42. The molecule has 1 unspecified atom stereocenters. The van der Waals surface area contributed by atoms with E-state index in [0.29, 0.717) is 34.6 Å². The fraction of sp³-hybridized carbons (Fsp3) is 0.231. The van der Waals surface area contributed by atoms with Crippen LogP contribution in [0.25, 0.3) is 0 Å². The number of hydrogen-bond acceptors (Lipinski definition) is 6. The van der Waals surface area contributed by atoms with Crippen molar-refractivity contribution in [1.82, 2.24) is 25.5 Å². The summed E-state index contributed by atoms with van der Waals surface area (Å²) in [5.41, 5.74) is 3.59. The van der Waals surface area contributed by atoms with Crippen molar-refractivity contribution in [2.24, 2.45) is 0 Å².